The van der Waals surface area contributed by atoms with Crippen LogP contribution in [0.2, 0.25) is 0 Å². The Morgan fingerprint density at radius 1 is 0.659 bits per heavy atom. The summed E-state index contributed by atoms with van der Waals surface area (Å²) in [6.45, 7) is 4.09. The molecule has 0 amide bonds. The molecule has 7 nitrogen and oxygen atoms in total. The Labute approximate surface area is 268 Å². The van der Waals surface area contributed by atoms with E-state index >= 15 is 0 Å². The van der Waals surface area contributed by atoms with Crippen molar-refractivity contribution in [1.29, 1.82) is 0 Å². The highest BCUT2D eigenvalue weighted by Gasteiger charge is 2.40. The SMILES string of the molecule is CCCCC[C@@H](O)CCCC[C@H](O)[C@H]1CC[C@H]([C@H]2CC[C@H]([C@H](O)CCCCCCCCCCCCC3=C[C@H](C)OC3=O)O2)O1. The minimum atomic E-state index is -0.447. The van der Waals surface area contributed by atoms with Crippen molar-refractivity contribution in [3.05, 3.63) is 11.6 Å². The second-order valence-corrected chi connectivity index (χ2v) is 14.0. The van der Waals surface area contributed by atoms with Gasteiger partial charge >= 0.3 is 5.97 Å². The minimum absolute atomic E-state index is 0.0274. The van der Waals surface area contributed by atoms with Crippen molar-refractivity contribution in [2.75, 3.05) is 0 Å². The first-order valence-corrected chi connectivity index (χ1v) is 18.6. The molecule has 0 unspecified atom stereocenters. The predicted octanol–water partition coefficient (Wildman–Crippen LogP) is 7.86. The molecule has 7 heteroatoms. The number of rotatable bonds is 25. The lowest BCUT2D eigenvalue weighted by Crippen LogP contribution is -2.33. The van der Waals surface area contributed by atoms with E-state index in [0.29, 0.717) is 0 Å². The molecule has 3 heterocycles. The van der Waals surface area contributed by atoms with Crippen LogP contribution < -0.4 is 0 Å². The summed E-state index contributed by atoms with van der Waals surface area (Å²) >= 11 is 0. The Balaban J connectivity index is 1.13. The zero-order valence-corrected chi connectivity index (χ0v) is 28.1. The van der Waals surface area contributed by atoms with Crippen molar-refractivity contribution >= 4 is 5.97 Å². The number of aliphatic hydroxyl groups excluding tert-OH is 3. The standard InChI is InChI=1S/C37H66O7/c1-3-4-13-19-30(38)20-16-17-22-32(40)34-24-26-36(44-34)35-25-23-33(43-35)31(39)21-15-12-10-8-6-5-7-9-11-14-18-29-27-28(2)42-37(29)41/h27-28,30-36,38-40H,3-26H2,1-2H3/t28-,30+,31+,32-,33+,34+,35+,36+/m0/s1. The fraction of sp³-hybridized carbons (Fsp3) is 0.919. The smallest absolute Gasteiger partial charge is 0.334 e. The molecule has 0 radical (unpaired) electrons. The molecule has 2 fully saturated rings. The van der Waals surface area contributed by atoms with Crippen molar-refractivity contribution < 1.29 is 34.3 Å². The van der Waals surface area contributed by atoms with Crippen molar-refractivity contribution in [2.45, 2.75) is 217 Å². The number of cyclic esters (lactones) is 1. The van der Waals surface area contributed by atoms with Crippen LogP contribution in [0.15, 0.2) is 11.6 Å². The molecule has 0 aromatic carbocycles. The van der Waals surface area contributed by atoms with Gasteiger partial charge in [-0.25, -0.2) is 4.79 Å². The molecule has 3 aliphatic heterocycles. The van der Waals surface area contributed by atoms with Gasteiger partial charge in [-0.3, -0.25) is 0 Å². The maximum atomic E-state index is 11.6. The van der Waals surface area contributed by atoms with Gasteiger partial charge < -0.3 is 29.5 Å². The van der Waals surface area contributed by atoms with E-state index in [2.05, 4.69) is 6.92 Å². The summed E-state index contributed by atoms with van der Waals surface area (Å²) in [5.74, 6) is -0.123. The zero-order valence-electron chi connectivity index (χ0n) is 28.1. The summed E-state index contributed by atoms with van der Waals surface area (Å²) in [5, 5.41) is 31.5. The predicted molar refractivity (Wildman–Crippen MR) is 175 cm³/mol. The molecule has 0 aromatic heterocycles. The van der Waals surface area contributed by atoms with Gasteiger partial charge in [-0.05, 0) is 77.2 Å². The van der Waals surface area contributed by atoms with Crippen LogP contribution in [0.25, 0.3) is 0 Å². The maximum Gasteiger partial charge on any atom is 0.334 e. The van der Waals surface area contributed by atoms with E-state index in [-0.39, 0.29) is 42.6 Å². The third kappa shape index (κ3) is 14.2. The number of unbranched alkanes of at least 4 members (excludes halogenated alkanes) is 12. The molecule has 0 spiro atoms. The second-order valence-electron chi connectivity index (χ2n) is 14.0. The number of hydrogen-bond donors (Lipinski definition) is 3. The van der Waals surface area contributed by atoms with Gasteiger partial charge in [0.05, 0.1) is 42.7 Å². The van der Waals surface area contributed by atoms with Crippen LogP contribution in [0.5, 0.6) is 0 Å². The molecule has 3 N–H and O–H groups in total. The largest absolute Gasteiger partial charge is 0.455 e. The topological polar surface area (TPSA) is 105 Å². The summed E-state index contributed by atoms with van der Waals surface area (Å²) in [7, 11) is 0. The van der Waals surface area contributed by atoms with Crippen molar-refractivity contribution in [3.63, 3.8) is 0 Å². The quantitative estimate of drug-likeness (QED) is 0.0703. The fourth-order valence-electron chi connectivity index (χ4n) is 7.27. The normalized spacial score (nSPS) is 27.4. The third-order valence-corrected chi connectivity index (χ3v) is 10.1. The molecule has 3 aliphatic rings. The summed E-state index contributed by atoms with van der Waals surface area (Å²) in [6.07, 6.45) is 25.8. The van der Waals surface area contributed by atoms with Gasteiger partial charge in [0.15, 0.2) is 0 Å². The maximum absolute atomic E-state index is 11.6. The molecular formula is C37H66O7. The summed E-state index contributed by atoms with van der Waals surface area (Å²) in [5.41, 5.74) is 0.863. The molecule has 8 atom stereocenters. The molecule has 2 saturated heterocycles. The van der Waals surface area contributed by atoms with Crippen molar-refractivity contribution in [3.8, 4) is 0 Å². The number of esters is 1. The Morgan fingerprint density at radius 2 is 1.11 bits per heavy atom. The third-order valence-electron chi connectivity index (χ3n) is 10.1. The first kappa shape index (κ1) is 37.5. The number of carbonyl (C=O) groups is 1. The molecule has 0 bridgehead atoms. The number of aliphatic hydroxyl groups is 3. The lowest BCUT2D eigenvalue weighted by molar-refractivity contribution is -0.139. The van der Waals surface area contributed by atoms with E-state index < -0.39 is 12.2 Å². The van der Waals surface area contributed by atoms with Crippen LogP contribution in [-0.2, 0) is 19.0 Å². The van der Waals surface area contributed by atoms with Crippen molar-refractivity contribution in [1.82, 2.24) is 0 Å². The number of hydrogen-bond acceptors (Lipinski definition) is 7. The molecule has 44 heavy (non-hydrogen) atoms. The van der Waals surface area contributed by atoms with E-state index in [9.17, 15) is 20.1 Å². The van der Waals surface area contributed by atoms with E-state index in [1.807, 2.05) is 13.0 Å². The summed E-state index contributed by atoms with van der Waals surface area (Å²) < 4.78 is 17.7. The van der Waals surface area contributed by atoms with Crippen LogP contribution in [0.3, 0.4) is 0 Å². The van der Waals surface area contributed by atoms with Crippen LogP contribution in [-0.4, -0.2) is 70.1 Å². The lowest BCUT2D eigenvalue weighted by Gasteiger charge is -2.24. The monoisotopic (exact) mass is 622 g/mol. The van der Waals surface area contributed by atoms with Gasteiger partial charge in [0.2, 0.25) is 0 Å². The van der Waals surface area contributed by atoms with Gasteiger partial charge in [0, 0.05) is 5.57 Å². The summed E-state index contributed by atoms with van der Waals surface area (Å²) in [6, 6.07) is 0. The highest BCUT2D eigenvalue weighted by molar-refractivity contribution is 5.90. The second kappa shape index (κ2) is 21.7. The van der Waals surface area contributed by atoms with Gasteiger partial charge in [-0.15, -0.1) is 0 Å². The number of ether oxygens (including phenoxy) is 3. The van der Waals surface area contributed by atoms with E-state index in [1.165, 1.54) is 64.2 Å². The Kier molecular flexibility index (Phi) is 18.5. The molecule has 3 rings (SSSR count). The Bertz CT molecular complexity index is 801. The van der Waals surface area contributed by atoms with Crippen LogP contribution in [0, 0.1) is 0 Å². The average Bonchev–Trinajstić information content (AvgIpc) is 3.76. The van der Waals surface area contributed by atoms with Crippen molar-refractivity contribution in [2.24, 2.45) is 0 Å². The summed E-state index contributed by atoms with van der Waals surface area (Å²) in [4.78, 5) is 11.6. The van der Waals surface area contributed by atoms with Gasteiger partial charge in [0.1, 0.15) is 6.10 Å². The van der Waals surface area contributed by atoms with Gasteiger partial charge in [-0.1, -0.05) is 96.8 Å². The molecule has 0 aliphatic carbocycles. The first-order valence-electron chi connectivity index (χ1n) is 18.6. The molecular weight excluding hydrogens is 556 g/mol. The highest BCUT2D eigenvalue weighted by atomic mass is 16.6. The molecule has 256 valence electrons. The molecule has 0 aromatic rings. The van der Waals surface area contributed by atoms with E-state index in [0.717, 1.165) is 95.5 Å². The van der Waals surface area contributed by atoms with E-state index in [4.69, 9.17) is 14.2 Å². The minimum Gasteiger partial charge on any atom is -0.455 e. The molecule has 0 saturated carbocycles. The van der Waals surface area contributed by atoms with E-state index in [1.54, 1.807) is 0 Å². The van der Waals surface area contributed by atoms with Gasteiger partial charge in [0.25, 0.3) is 0 Å². The highest BCUT2D eigenvalue weighted by Crippen LogP contribution is 2.34. The zero-order chi connectivity index (χ0) is 31.6. The fourth-order valence-corrected chi connectivity index (χ4v) is 7.27. The average molecular weight is 623 g/mol. The number of carbonyl (C=O) groups excluding carboxylic acids is 1. The van der Waals surface area contributed by atoms with Crippen LogP contribution in [0.1, 0.15) is 168 Å². The van der Waals surface area contributed by atoms with Crippen LogP contribution in [0.4, 0.5) is 0 Å². The van der Waals surface area contributed by atoms with Gasteiger partial charge in [-0.2, -0.15) is 0 Å². The Morgan fingerprint density at radius 3 is 1.61 bits per heavy atom. The van der Waals surface area contributed by atoms with Crippen LogP contribution >= 0.6 is 0 Å². The lowest BCUT2D eigenvalue weighted by atomic mass is 10.00. The Hall–Kier alpha value is -0.990. The first-order chi connectivity index (χ1) is 21.4.